The molecule has 1 aliphatic rings. The monoisotopic (exact) mass is 370 g/mol. The van der Waals surface area contributed by atoms with Gasteiger partial charge in [0.2, 0.25) is 0 Å². The molecule has 0 radical (unpaired) electrons. The van der Waals surface area contributed by atoms with Gasteiger partial charge in [-0.05, 0) is 48.4 Å². The first-order valence-electron chi connectivity index (χ1n) is 7.72. The van der Waals surface area contributed by atoms with Gasteiger partial charge in [0.1, 0.15) is 11.3 Å². The van der Waals surface area contributed by atoms with E-state index in [2.05, 4.69) is 5.32 Å². The second-order valence-electron chi connectivity index (χ2n) is 5.69. The first-order valence-corrected chi connectivity index (χ1v) is 8.10. The summed E-state index contributed by atoms with van der Waals surface area (Å²) in [4.78, 5) is 38.1. The van der Waals surface area contributed by atoms with Gasteiger partial charge in [0.05, 0.1) is 17.8 Å². The van der Waals surface area contributed by atoms with Gasteiger partial charge in [-0.2, -0.15) is 0 Å². The number of anilines is 1. The van der Waals surface area contributed by atoms with Gasteiger partial charge in [0.25, 0.3) is 11.8 Å². The number of hydrogen-bond acceptors (Lipinski definition) is 4. The van der Waals surface area contributed by atoms with Crippen molar-refractivity contribution in [2.75, 3.05) is 12.0 Å². The minimum atomic E-state index is -0.782. The molecule has 0 saturated carbocycles. The van der Waals surface area contributed by atoms with Crippen LogP contribution < -0.4 is 15.0 Å². The number of barbiturate groups is 1. The standard InChI is InChI=1S/C19H15ClN2O4/c1-11-4-3-5-13(8-11)22-18(24)14(17(23)21-19(22)25)9-12-6-7-16(26-2)15(20)10-12/h3-10H,1-2H3,(H,21,23,25)/b14-9-. The van der Waals surface area contributed by atoms with Gasteiger partial charge in [-0.25, -0.2) is 9.69 Å². The third-order valence-corrected chi connectivity index (χ3v) is 4.14. The highest BCUT2D eigenvalue weighted by atomic mass is 35.5. The topological polar surface area (TPSA) is 75.7 Å². The Hall–Kier alpha value is -3.12. The van der Waals surface area contributed by atoms with E-state index in [9.17, 15) is 14.4 Å². The molecule has 0 spiro atoms. The molecule has 0 bridgehead atoms. The van der Waals surface area contributed by atoms with Gasteiger partial charge >= 0.3 is 6.03 Å². The Morgan fingerprint density at radius 2 is 1.88 bits per heavy atom. The molecule has 0 aromatic heterocycles. The number of aryl methyl sites for hydroxylation is 1. The van der Waals surface area contributed by atoms with E-state index >= 15 is 0 Å². The lowest BCUT2D eigenvalue weighted by Gasteiger charge is -2.26. The molecular formula is C19H15ClN2O4. The zero-order chi connectivity index (χ0) is 18.8. The van der Waals surface area contributed by atoms with Crippen molar-refractivity contribution in [1.29, 1.82) is 0 Å². The summed E-state index contributed by atoms with van der Waals surface area (Å²) in [6.07, 6.45) is 1.39. The fourth-order valence-corrected chi connectivity index (χ4v) is 2.86. The van der Waals surface area contributed by atoms with Crippen LogP contribution in [0.15, 0.2) is 48.0 Å². The highest BCUT2D eigenvalue weighted by Gasteiger charge is 2.36. The summed E-state index contributed by atoms with van der Waals surface area (Å²) < 4.78 is 5.08. The van der Waals surface area contributed by atoms with E-state index in [-0.39, 0.29) is 5.57 Å². The Labute approximate surface area is 155 Å². The number of hydrogen-bond donors (Lipinski definition) is 1. The molecule has 132 valence electrons. The lowest BCUT2D eigenvalue weighted by Crippen LogP contribution is -2.54. The molecule has 2 aromatic carbocycles. The summed E-state index contributed by atoms with van der Waals surface area (Å²) >= 11 is 6.08. The molecule has 0 atom stereocenters. The highest BCUT2D eigenvalue weighted by molar-refractivity contribution is 6.39. The number of methoxy groups -OCH3 is 1. The molecule has 1 heterocycles. The van der Waals surface area contributed by atoms with Crippen molar-refractivity contribution in [3.05, 3.63) is 64.2 Å². The van der Waals surface area contributed by atoms with E-state index in [1.165, 1.54) is 13.2 Å². The molecule has 1 saturated heterocycles. The van der Waals surface area contributed by atoms with Crippen molar-refractivity contribution in [2.24, 2.45) is 0 Å². The third kappa shape index (κ3) is 3.32. The van der Waals surface area contributed by atoms with E-state index < -0.39 is 17.8 Å². The van der Waals surface area contributed by atoms with Crippen LogP contribution in [0.1, 0.15) is 11.1 Å². The first kappa shape index (κ1) is 17.7. The molecule has 0 aliphatic carbocycles. The largest absolute Gasteiger partial charge is 0.495 e. The number of carbonyl (C=O) groups excluding carboxylic acids is 3. The average Bonchev–Trinajstić information content (AvgIpc) is 2.58. The number of amides is 4. The summed E-state index contributed by atoms with van der Waals surface area (Å²) in [6.45, 7) is 1.84. The van der Waals surface area contributed by atoms with Crippen LogP contribution in [0, 0.1) is 6.92 Å². The Morgan fingerprint density at radius 1 is 1.12 bits per heavy atom. The van der Waals surface area contributed by atoms with Gasteiger partial charge < -0.3 is 4.74 Å². The van der Waals surface area contributed by atoms with E-state index in [0.29, 0.717) is 22.0 Å². The van der Waals surface area contributed by atoms with Gasteiger partial charge in [-0.15, -0.1) is 0 Å². The minimum Gasteiger partial charge on any atom is -0.495 e. The number of halogens is 1. The first-order chi connectivity index (χ1) is 12.4. The van der Waals surface area contributed by atoms with Crippen LogP contribution in [0.5, 0.6) is 5.75 Å². The van der Waals surface area contributed by atoms with E-state index in [1.807, 2.05) is 13.0 Å². The molecule has 4 amide bonds. The Kier molecular flexibility index (Phi) is 4.77. The maximum atomic E-state index is 12.8. The maximum absolute atomic E-state index is 12.8. The van der Waals surface area contributed by atoms with Crippen molar-refractivity contribution < 1.29 is 19.1 Å². The van der Waals surface area contributed by atoms with Crippen LogP contribution >= 0.6 is 11.6 Å². The highest BCUT2D eigenvalue weighted by Crippen LogP contribution is 2.27. The lowest BCUT2D eigenvalue weighted by atomic mass is 10.1. The van der Waals surface area contributed by atoms with E-state index in [1.54, 1.807) is 36.4 Å². The molecule has 26 heavy (non-hydrogen) atoms. The van der Waals surface area contributed by atoms with Crippen LogP contribution in [0.3, 0.4) is 0 Å². The predicted molar refractivity (Wildman–Crippen MR) is 98.2 cm³/mol. The van der Waals surface area contributed by atoms with Crippen molar-refractivity contribution in [3.8, 4) is 5.75 Å². The molecule has 7 heteroatoms. The number of urea groups is 1. The second-order valence-corrected chi connectivity index (χ2v) is 6.10. The lowest BCUT2D eigenvalue weighted by molar-refractivity contribution is -0.122. The molecule has 3 rings (SSSR count). The normalized spacial score (nSPS) is 16.0. The number of nitrogens with zero attached hydrogens (tertiary/aromatic N) is 1. The molecule has 1 aliphatic heterocycles. The summed E-state index contributed by atoms with van der Waals surface area (Å²) in [7, 11) is 1.49. The summed E-state index contributed by atoms with van der Waals surface area (Å²) in [5.41, 5.74) is 1.64. The second kappa shape index (κ2) is 7.01. The quantitative estimate of drug-likeness (QED) is 0.664. The zero-order valence-corrected chi connectivity index (χ0v) is 14.8. The van der Waals surface area contributed by atoms with Crippen LogP contribution in [-0.2, 0) is 9.59 Å². The minimum absolute atomic E-state index is 0.160. The van der Waals surface area contributed by atoms with Crippen molar-refractivity contribution >= 4 is 41.2 Å². The fourth-order valence-electron chi connectivity index (χ4n) is 2.60. The number of nitrogens with one attached hydrogen (secondary N) is 1. The van der Waals surface area contributed by atoms with Gasteiger partial charge in [-0.1, -0.05) is 29.8 Å². The van der Waals surface area contributed by atoms with Crippen molar-refractivity contribution in [1.82, 2.24) is 5.32 Å². The Morgan fingerprint density at radius 3 is 2.54 bits per heavy atom. The molecule has 6 nitrogen and oxygen atoms in total. The van der Waals surface area contributed by atoms with E-state index in [4.69, 9.17) is 16.3 Å². The number of carbonyl (C=O) groups is 3. The van der Waals surface area contributed by atoms with E-state index in [0.717, 1.165) is 10.5 Å². The summed E-state index contributed by atoms with van der Waals surface area (Å²) in [5.74, 6) is -0.975. The molecule has 0 unspecified atom stereocenters. The number of benzene rings is 2. The Bertz CT molecular complexity index is 952. The SMILES string of the molecule is COc1ccc(/C=C2/C(=O)NC(=O)N(c3cccc(C)c3)C2=O)cc1Cl. The number of ether oxygens (including phenoxy) is 1. The average molecular weight is 371 g/mol. The Balaban J connectivity index is 2.01. The molecular weight excluding hydrogens is 356 g/mol. The summed E-state index contributed by atoms with van der Waals surface area (Å²) in [5, 5.41) is 2.53. The van der Waals surface area contributed by atoms with Crippen molar-refractivity contribution in [3.63, 3.8) is 0 Å². The van der Waals surface area contributed by atoms with Crippen molar-refractivity contribution in [2.45, 2.75) is 6.92 Å². The fraction of sp³-hybridized carbons (Fsp3) is 0.105. The maximum Gasteiger partial charge on any atom is 0.335 e. The van der Waals surface area contributed by atoms with Crippen LogP contribution in [0.4, 0.5) is 10.5 Å². The van der Waals surface area contributed by atoms with Gasteiger partial charge in [0.15, 0.2) is 0 Å². The van der Waals surface area contributed by atoms with Crippen LogP contribution in [0.25, 0.3) is 6.08 Å². The van der Waals surface area contributed by atoms with Crippen LogP contribution in [0.2, 0.25) is 5.02 Å². The predicted octanol–water partition coefficient (Wildman–Crippen LogP) is 3.32. The smallest absolute Gasteiger partial charge is 0.335 e. The third-order valence-electron chi connectivity index (χ3n) is 3.85. The number of rotatable bonds is 3. The molecule has 1 fully saturated rings. The van der Waals surface area contributed by atoms with Gasteiger partial charge in [-0.3, -0.25) is 14.9 Å². The van der Waals surface area contributed by atoms with Gasteiger partial charge in [0, 0.05) is 0 Å². The number of imide groups is 2. The molecule has 2 aromatic rings. The van der Waals surface area contributed by atoms with Crippen LogP contribution in [-0.4, -0.2) is 25.0 Å². The molecule has 1 N–H and O–H groups in total. The summed E-state index contributed by atoms with van der Waals surface area (Å²) in [6, 6.07) is 11.0. The zero-order valence-electron chi connectivity index (χ0n) is 14.1.